The lowest BCUT2D eigenvalue weighted by Crippen LogP contribution is -2.37. The number of hydrogen-bond acceptors (Lipinski definition) is 1. The lowest BCUT2D eigenvalue weighted by molar-refractivity contribution is 0.725. The summed E-state index contributed by atoms with van der Waals surface area (Å²) in [6, 6.07) is 79.7. The largest absolute Gasteiger partial charge is 0.313 e. The van der Waals surface area contributed by atoms with Crippen LogP contribution < -0.4 is 4.90 Å². The molecule has 1 heteroatoms. The molecule has 0 atom stereocenters. The number of nitrogens with zero attached hydrogens (tertiary/aromatic N) is 1. The summed E-state index contributed by atoms with van der Waals surface area (Å²) in [6.45, 7) is 0. The van der Waals surface area contributed by atoms with E-state index in [-0.39, 0.29) is 0 Å². The number of anilines is 2. The average molecular weight is 688 g/mol. The fourth-order valence-electron chi connectivity index (χ4n) is 8.51. The third kappa shape index (κ3) is 5.33. The van der Waals surface area contributed by atoms with Crippen LogP contribution in [-0.2, 0) is 5.41 Å². The zero-order chi connectivity index (χ0) is 35.9. The van der Waals surface area contributed by atoms with Crippen molar-refractivity contribution >= 4 is 39.0 Å². The Balaban J connectivity index is 1.16. The SMILES string of the molecule is C1=C(N(c2ccc(-c3ccc4ccccc4c3)cc2)c2ccc(-c3ccc4ccccc4c3)cc2)C(c2ccccc2)(c2ccccc2)c2ccccc21. The molecule has 0 N–H and O–H groups in total. The van der Waals surface area contributed by atoms with Gasteiger partial charge in [-0.15, -0.1) is 0 Å². The highest BCUT2D eigenvalue weighted by molar-refractivity contribution is 5.90. The van der Waals surface area contributed by atoms with Crippen molar-refractivity contribution < 1.29 is 0 Å². The van der Waals surface area contributed by atoms with Crippen molar-refractivity contribution in [1.82, 2.24) is 0 Å². The van der Waals surface area contributed by atoms with E-state index in [2.05, 4.69) is 229 Å². The van der Waals surface area contributed by atoms with Gasteiger partial charge < -0.3 is 4.90 Å². The Hall–Kier alpha value is -6.96. The molecule has 1 aliphatic rings. The van der Waals surface area contributed by atoms with E-state index in [4.69, 9.17) is 0 Å². The molecule has 54 heavy (non-hydrogen) atoms. The normalized spacial score (nSPS) is 13.1. The van der Waals surface area contributed by atoms with E-state index in [0.29, 0.717) is 0 Å². The van der Waals surface area contributed by atoms with Crippen LogP contribution in [0.5, 0.6) is 0 Å². The number of allylic oxidation sites excluding steroid dienone is 1. The molecule has 0 saturated carbocycles. The second kappa shape index (κ2) is 13.2. The van der Waals surface area contributed by atoms with E-state index in [9.17, 15) is 0 Å². The van der Waals surface area contributed by atoms with Crippen molar-refractivity contribution in [1.29, 1.82) is 0 Å². The quantitative estimate of drug-likeness (QED) is 0.161. The van der Waals surface area contributed by atoms with Crippen molar-refractivity contribution in [2.24, 2.45) is 0 Å². The van der Waals surface area contributed by atoms with Gasteiger partial charge in [-0.25, -0.2) is 0 Å². The Bertz CT molecular complexity index is 2630. The lowest BCUT2D eigenvalue weighted by atomic mass is 9.68. The molecule has 0 amide bonds. The molecule has 9 aromatic rings. The summed E-state index contributed by atoms with van der Waals surface area (Å²) in [6.07, 6.45) is 2.41. The number of benzene rings is 9. The Morgan fingerprint density at radius 2 is 0.722 bits per heavy atom. The van der Waals surface area contributed by atoms with Crippen molar-refractivity contribution in [2.75, 3.05) is 4.90 Å². The molecule has 0 aromatic heterocycles. The van der Waals surface area contributed by atoms with Crippen molar-refractivity contribution in [2.45, 2.75) is 5.41 Å². The number of fused-ring (bicyclic) bond motifs is 3. The first kappa shape index (κ1) is 31.7. The Morgan fingerprint density at radius 1 is 0.315 bits per heavy atom. The molecule has 1 nitrogen and oxygen atoms in total. The fourth-order valence-corrected chi connectivity index (χ4v) is 8.51. The van der Waals surface area contributed by atoms with E-state index < -0.39 is 5.41 Å². The van der Waals surface area contributed by atoms with Crippen LogP contribution in [0.3, 0.4) is 0 Å². The molecule has 254 valence electrons. The van der Waals surface area contributed by atoms with Gasteiger partial charge in [-0.2, -0.15) is 0 Å². The van der Waals surface area contributed by atoms with Gasteiger partial charge in [0.15, 0.2) is 0 Å². The van der Waals surface area contributed by atoms with Crippen LogP contribution in [0.4, 0.5) is 11.4 Å². The van der Waals surface area contributed by atoms with E-state index in [1.165, 1.54) is 71.7 Å². The molecular formula is C53H37N. The predicted molar refractivity (Wildman–Crippen MR) is 228 cm³/mol. The van der Waals surface area contributed by atoms with Crippen LogP contribution in [0.2, 0.25) is 0 Å². The maximum Gasteiger partial charge on any atom is 0.0863 e. The van der Waals surface area contributed by atoms with Crippen molar-refractivity contribution in [3.8, 4) is 22.3 Å². The molecule has 9 aromatic carbocycles. The van der Waals surface area contributed by atoms with Gasteiger partial charge in [-0.1, -0.05) is 182 Å². The summed E-state index contributed by atoms with van der Waals surface area (Å²) in [5.41, 5.74) is 12.6. The highest BCUT2D eigenvalue weighted by Crippen LogP contribution is 2.55. The summed E-state index contributed by atoms with van der Waals surface area (Å²) in [5, 5.41) is 5.00. The van der Waals surface area contributed by atoms with Crippen LogP contribution in [0.15, 0.2) is 224 Å². The molecule has 0 saturated heterocycles. The van der Waals surface area contributed by atoms with Crippen LogP contribution in [0.1, 0.15) is 22.3 Å². The van der Waals surface area contributed by atoms with Crippen molar-refractivity contribution in [3.63, 3.8) is 0 Å². The van der Waals surface area contributed by atoms with Gasteiger partial charge in [0.2, 0.25) is 0 Å². The highest BCUT2D eigenvalue weighted by Gasteiger charge is 2.47. The second-order valence-corrected chi connectivity index (χ2v) is 14.2. The minimum Gasteiger partial charge on any atom is -0.313 e. The third-order valence-electron chi connectivity index (χ3n) is 11.1. The zero-order valence-electron chi connectivity index (χ0n) is 29.8. The maximum absolute atomic E-state index is 2.48. The Kier molecular flexibility index (Phi) is 7.78. The Morgan fingerprint density at radius 3 is 1.22 bits per heavy atom. The Labute approximate surface area is 316 Å². The van der Waals surface area contributed by atoms with Crippen molar-refractivity contribution in [3.05, 3.63) is 246 Å². The van der Waals surface area contributed by atoms with Gasteiger partial charge in [0.25, 0.3) is 0 Å². The summed E-state index contributed by atoms with van der Waals surface area (Å²) in [4.78, 5) is 2.48. The number of hydrogen-bond donors (Lipinski definition) is 0. The van der Waals surface area contributed by atoms with Crippen LogP contribution in [0.25, 0.3) is 49.9 Å². The van der Waals surface area contributed by atoms with Gasteiger partial charge in [-0.3, -0.25) is 0 Å². The van der Waals surface area contributed by atoms with Crippen LogP contribution in [0, 0.1) is 0 Å². The number of rotatable bonds is 7. The molecule has 10 rings (SSSR count). The zero-order valence-corrected chi connectivity index (χ0v) is 29.8. The standard InChI is InChI=1S/C53H37N/c1-3-18-47(19-4-1)53(48-20-5-2-6-21-48)51-22-12-11-17-46(51)37-52(53)54(49-31-27-40(28-32-49)44-25-23-38-13-7-9-15-42(38)35-44)50-33-29-41(30-34-50)45-26-24-39-14-8-10-16-43(39)36-45/h1-37H. The van der Waals surface area contributed by atoms with Gasteiger partial charge in [0.1, 0.15) is 0 Å². The smallest absolute Gasteiger partial charge is 0.0863 e. The van der Waals surface area contributed by atoms with Gasteiger partial charge in [0.05, 0.1) is 5.41 Å². The topological polar surface area (TPSA) is 3.24 Å². The molecule has 0 unspecified atom stereocenters. The molecular weight excluding hydrogens is 651 g/mol. The predicted octanol–water partition coefficient (Wildman–Crippen LogP) is 13.9. The molecule has 0 heterocycles. The second-order valence-electron chi connectivity index (χ2n) is 14.2. The average Bonchev–Trinajstić information content (AvgIpc) is 3.60. The van der Waals surface area contributed by atoms with Crippen LogP contribution in [-0.4, -0.2) is 0 Å². The minimum absolute atomic E-state index is 0.562. The third-order valence-corrected chi connectivity index (χ3v) is 11.1. The first-order valence-electron chi connectivity index (χ1n) is 18.7. The summed E-state index contributed by atoms with van der Waals surface area (Å²) in [5.74, 6) is 0. The first-order valence-corrected chi connectivity index (χ1v) is 18.7. The van der Waals surface area contributed by atoms with Crippen LogP contribution >= 0.6 is 0 Å². The fraction of sp³-hybridized carbons (Fsp3) is 0.0189. The summed E-state index contributed by atoms with van der Waals surface area (Å²) < 4.78 is 0. The highest BCUT2D eigenvalue weighted by atomic mass is 15.2. The molecule has 1 aliphatic carbocycles. The van der Waals surface area contributed by atoms with E-state index >= 15 is 0 Å². The maximum atomic E-state index is 2.48. The van der Waals surface area contributed by atoms with Gasteiger partial charge in [-0.05, 0) is 109 Å². The monoisotopic (exact) mass is 687 g/mol. The summed E-state index contributed by atoms with van der Waals surface area (Å²) in [7, 11) is 0. The van der Waals surface area contributed by atoms with E-state index in [0.717, 1.165) is 11.4 Å². The van der Waals surface area contributed by atoms with E-state index in [1.807, 2.05) is 0 Å². The van der Waals surface area contributed by atoms with Gasteiger partial charge in [0, 0.05) is 17.1 Å². The minimum atomic E-state index is -0.562. The first-order chi connectivity index (χ1) is 26.8. The molecule has 0 fully saturated rings. The molecule has 0 bridgehead atoms. The molecule has 0 aliphatic heterocycles. The lowest BCUT2D eigenvalue weighted by Gasteiger charge is -2.41. The van der Waals surface area contributed by atoms with Gasteiger partial charge >= 0.3 is 0 Å². The van der Waals surface area contributed by atoms with E-state index in [1.54, 1.807) is 0 Å². The summed E-state index contributed by atoms with van der Waals surface area (Å²) >= 11 is 0. The molecule has 0 radical (unpaired) electrons. The molecule has 0 spiro atoms.